The van der Waals surface area contributed by atoms with Gasteiger partial charge in [-0.1, -0.05) is 39.0 Å². The highest BCUT2D eigenvalue weighted by molar-refractivity contribution is 7.19. The smallest absolute Gasteiger partial charge is 0.141 e. The Labute approximate surface area is 184 Å². The number of anilines is 2. The van der Waals surface area contributed by atoms with Crippen molar-refractivity contribution in [2.45, 2.75) is 46.5 Å². The molecule has 3 aromatic rings. The highest BCUT2D eigenvalue weighted by Gasteiger charge is 2.27. The molecule has 2 aromatic heterocycles. The van der Waals surface area contributed by atoms with Crippen molar-refractivity contribution in [3.63, 3.8) is 0 Å². The van der Waals surface area contributed by atoms with E-state index in [1.54, 1.807) is 10.4 Å². The summed E-state index contributed by atoms with van der Waals surface area (Å²) >= 11 is 1.93. The first-order chi connectivity index (χ1) is 14.6. The van der Waals surface area contributed by atoms with E-state index in [1.165, 1.54) is 41.0 Å². The number of hydrogen-bond donors (Lipinski definition) is 0. The van der Waals surface area contributed by atoms with E-state index in [0.717, 1.165) is 44.3 Å². The second-order valence-electron chi connectivity index (χ2n) is 9.40. The molecule has 1 atom stereocenters. The Balaban J connectivity index is 1.49. The lowest BCUT2D eigenvalue weighted by Gasteiger charge is -2.37. The molecule has 0 bridgehead atoms. The number of thiophene rings is 1. The zero-order chi connectivity index (χ0) is 20.7. The Bertz CT molecular complexity index is 1020. The molecule has 4 nitrogen and oxygen atoms in total. The van der Waals surface area contributed by atoms with E-state index >= 15 is 0 Å². The summed E-state index contributed by atoms with van der Waals surface area (Å²) in [5, 5.41) is 1.36. The molecule has 158 valence electrons. The van der Waals surface area contributed by atoms with Crippen molar-refractivity contribution in [2.75, 3.05) is 36.0 Å². The van der Waals surface area contributed by atoms with Crippen molar-refractivity contribution < 1.29 is 0 Å². The first-order valence-corrected chi connectivity index (χ1v) is 12.3. The molecule has 0 amide bonds. The number of piperazine rings is 1. The predicted octanol–water partition coefficient (Wildman–Crippen LogP) is 5.34. The zero-order valence-electron chi connectivity index (χ0n) is 18.4. The van der Waals surface area contributed by atoms with E-state index in [4.69, 9.17) is 9.97 Å². The second kappa shape index (κ2) is 8.18. The molecule has 0 radical (unpaired) electrons. The third-order valence-electron chi connectivity index (χ3n) is 6.47. The van der Waals surface area contributed by atoms with Crippen LogP contribution < -0.4 is 9.80 Å². The number of fused-ring (bicyclic) bond motifs is 3. The van der Waals surface area contributed by atoms with Gasteiger partial charge in [0.05, 0.1) is 5.39 Å². The zero-order valence-corrected chi connectivity index (χ0v) is 19.2. The maximum atomic E-state index is 5.16. The monoisotopic (exact) mass is 420 g/mol. The number of aromatic nitrogens is 2. The molecular formula is C25H32N4S. The molecule has 1 aromatic carbocycles. The molecule has 1 saturated heterocycles. The van der Waals surface area contributed by atoms with E-state index in [1.807, 2.05) is 11.3 Å². The highest BCUT2D eigenvalue weighted by Crippen LogP contribution is 2.41. The minimum Gasteiger partial charge on any atom is -0.368 e. The van der Waals surface area contributed by atoms with Crippen LogP contribution >= 0.6 is 11.3 Å². The van der Waals surface area contributed by atoms with E-state index in [2.05, 4.69) is 60.9 Å². The molecule has 30 heavy (non-hydrogen) atoms. The highest BCUT2D eigenvalue weighted by atomic mass is 32.1. The standard InChI is InChI=1S/C25H32N4S/c1-17(2)15-22-26-24(23-20-10-9-18(3)16-21(20)30-25(23)27-22)29-13-11-28(12-14-29)19-7-5-4-6-8-19/h4-8,17-18H,9-16H2,1-3H3. The number of para-hydroxylation sites is 1. The maximum absolute atomic E-state index is 5.16. The average molecular weight is 421 g/mol. The maximum Gasteiger partial charge on any atom is 0.141 e. The lowest BCUT2D eigenvalue weighted by Crippen LogP contribution is -2.47. The van der Waals surface area contributed by atoms with Crippen LogP contribution in [-0.4, -0.2) is 36.1 Å². The Hall–Kier alpha value is -2.14. The summed E-state index contributed by atoms with van der Waals surface area (Å²) in [7, 11) is 0. The topological polar surface area (TPSA) is 32.3 Å². The first-order valence-electron chi connectivity index (χ1n) is 11.4. The van der Waals surface area contributed by atoms with Crippen LogP contribution in [0.1, 0.15) is 43.5 Å². The van der Waals surface area contributed by atoms with Crippen LogP contribution in [0.25, 0.3) is 10.2 Å². The fraction of sp³-hybridized carbons (Fsp3) is 0.520. The third kappa shape index (κ3) is 3.80. The SMILES string of the molecule is CC(C)Cc1nc(N2CCN(c3ccccc3)CC2)c2c3c(sc2n1)CC(C)CC3. The largest absolute Gasteiger partial charge is 0.368 e. The van der Waals surface area contributed by atoms with E-state index in [9.17, 15) is 0 Å². The average Bonchev–Trinajstić information content (AvgIpc) is 3.10. The van der Waals surface area contributed by atoms with Gasteiger partial charge in [-0.25, -0.2) is 9.97 Å². The number of rotatable bonds is 4. The van der Waals surface area contributed by atoms with Gasteiger partial charge in [-0.3, -0.25) is 0 Å². The lowest BCUT2D eigenvalue weighted by atomic mass is 9.89. The van der Waals surface area contributed by atoms with Crippen LogP contribution in [0.4, 0.5) is 11.5 Å². The van der Waals surface area contributed by atoms with Crippen LogP contribution in [0, 0.1) is 11.8 Å². The molecule has 0 N–H and O–H groups in total. The first kappa shape index (κ1) is 19.8. The number of aryl methyl sites for hydroxylation is 1. The summed E-state index contributed by atoms with van der Waals surface area (Å²) in [4.78, 5) is 18.0. The Morgan fingerprint density at radius 2 is 1.77 bits per heavy atom. The van der Waals surface area contributed by atoms with E-state index < -0.39 is 0 Å². The van der Waals surface area contributed by atoms with Crippen molar-refractivity contribution in [3.8, 4) is 0 Å². The molecule has 1 aliphatic heterocycles. The van der Waals surface area contributed by atoms with Gasteiger partial charge in [0.1, 0.15) is 16.5 Å². The van der Waals surface area contributed by atoms with Gasteiger partial charge in [0, 0.05) is 43.2 Å². The van der Waals surface area contributed by atoms with Crippen LogP contribution in [-0.2, 0) is 19.3 Å². The number of nitrogens with zero attached hydrogens (tertiary/aromatic N) is 4. The summed E-state index contributed by atoms with van der Waals surface area (Å²) < 4.78 is 0. The minimum atomic E-state index is 0.569. The molecular weight excluding hydrogens is 388 g/mol. The summed E-state index contributed by atoms with van der Waals surface area (Å²) in [6.07, 6.45) is 4.62. The van der Waals surface area contributed by atoms with Crippen molar-refractivity contribution in [3.05, 3.63) is 46.6 Å². The quantitative estimate of drug-likeness (QED) is 0.570. The summed E-state index contributed by atoms with van der Waals surface area (Å²) in [5.74, 6) is 3.58. The van der Waals surface area contributed by atoms with Gasteiger partial charge >= 0.3 is 0 Å². The van der Waals surface area contributed by atoms with Crippen LogP contribution in [0.15, 0.2) is 30.3 Å². The van der Waals surface area contributed by atoms with Gasteiger partial charge in [0.2, 0.25) is 0 Å². The van der Waals surface area contributed by atoms with Gasteiger partial charge in [0.25, 0.3) is 0 Å². The Morgan fingerprint density at radius 1 is 1.03 bits per heavy atom. The normalized spacial score (nSPS) is 19.5. The number of benzene rings is 1. The predicted molar refractivity (Wildman–Crippen MR) is 128 cm³/mol. The third-order valence-corrected chi connectivity index (χ3v) is 7.62. The lowest BCUT2D eigenvalue weighted by molar-refractivity contribution is 0.509. The Kier molecular flexibility index (Phi) is 5.40. The molecule has 5 rings (SSSR count). The summed E-state index contributed by atoms with van der Waals surface area (Å²) in [6, 6.07) is 10.8. The van der Waals surface area contributed by atoms with Crippen LogP contribution in [0.3, 0.4) is 0 Å². The molecule has 0 saturated carbocycles. The van der Waals surface area contributed by atoms with Crippen molar-refractivity contribution in [1.82, 2.24) is 9.97 Å². The molecule has 0 spiro atoms. The summed E-state index contributed by atoms with van der Waals surface area (Å²) in [6.45, 7) is 11.0. The van der Waals surface area contributed by atoms with E-state index in [-0.39, 0.29) is 0 Å². The minimum absolute atomic E-state index is 0.569. The molecule has 1 aliphatic carbocycles. The fourth-order valence-electron chi connectivity index (χ4n) is 4.87. The van der Waals surface area contributed by atoms with Crippen molar-refractivity contribution in [1.29, 1.82) is 0 Å². The number of hydrogen-bond acceptors (Lipinski definition) is 5. The molecule has 1 fully saturated rings. The van der Waals surface area contributed by atoms with E-state index in [0.29, 0.717) is 5.92 Å². The van der Waals surface area contributed by atoms with Gasteiger partial charge in [-0.05, 0) is 48.8 Å². The van der Waals surface area contributed by atoms with Gasteiger partial charge in [-0.15, -0.1) is 11.3 Å². The molecule has 5 heteroatoms. The molecule has 3 heterocycles. The summed E-state index contributed by atoms with van der Waals surface area (Å²) in [5.41, 5.74) is 2.87. The van der Waals surface area contributed by atoms with Crippen LogP contribution in [0.5, 0.6) is 0 Å². The van der Waals surface area contributed by atoms with Gasteiger partial charge in [0.15, 0.2) is 0 Å². The van der Waals surface area contributed by atoms with Gasteiger partial charge < -0.3 is 9.80 Å². The second-order valence-corrected chi connectivity index (χ2v) is 10.5. The van der Waals surface area contributed by atoms with Gasteiger partial charge in [-0.2, -0.15) is 0 Å². The Morgan fingerprint density at radius 3 is 2.50 bits per heavy atom. The van der Waals surface area contributed by atoms with Crippen LogP contribution in [0.2, 0.25) is 0 Å². The molecule has 2 aliphatic rings. The molecule has 1 unspecified atom stereocenters. The van der Waals surface area contributed by atoms with Crippen molar-refractivity contribution >= 4 is 33.1 Å². The van der Waals surface area contributed by atoms with Crippen molar-refractivity contribution in [2.24, 2.45) is 11.8 Å². The fourth-order valence-corrected chi connectivity index (χ4v) is 6.26.